The highest BCUT2D eigenvalue weighted by molar-refractivity contribution is 5.75. The van der Waals surface area contributed by atoms with Crippen molar-refractivity contribution in [3.05, 3.63) is 0 Å². The maximum Gasteiger partial charge on any atom is 0.342 e. The number of esters is 1. The Kier molecular flexibility index (Phi) is 2.86. The van der Waals surface area contributed by atoms with Crippen LogP contribution < -0.4 is 0 Å². The fourth-order valence-electron chi connectivity index (χ4n) is 0.506. The van der Waals surface area contributed by atoms with Crippen molar-refractivity contribution in [2.24, 2.45) is 0 Å². The van der Waals surface area contributed by atoms with Crippen LogP contribution >= 0.6 is 0 Å². The fraction of sp³-hybridized carbons (Fsp3) is 0.500. The molecule has 1 aliphatic rings. The minimum Gasteiger partial charge on any atom is -0.450 e. The molecule has 1 saturated heterocycles. The Labute approximate surface area is 63.0 Å². The molecule has 1 rings (SSSR count). The number of carbonyl (C=O) groups is 1. The van der Waals surface area contributed by atoms with E-state index in [2.05, 4.69) is 25.5 Å². The van der Waals surface area contributed by atoms with E-state index in [4.69, 9.17) is 6.42 Å². The molecule has 1 heterocycles. The molecular weight excluding hydrogens is 152 g/mol. The van der Waals surface area contributed by atoms with E-state index in [1.165, 1.54) is 0 Å². The van der Waals surface area contributed by atoms with Crippen LogP contribution in [0.3, 0.4) is 0 Å². The molecule has 0 N–H and O–H groups in total. The molecule has 0 radical (unpaired) electrons. The van der Waals surface area contributed by atoms with E-state index in [0.29, 0.717) is 0 Å². The molecule has 0 aliphatic carbocycles. The molecule has 0 amide bonds. The van der Waals surface area contributed by atoms with Crippen molar-refractivity contribution in [3.8, 4) is 12.3 Å². The Hall–Kier alpha value is -1.09. The molecule has 60 valence electrons. The van der Waals surface area contributed by atoms with Gasteiger partial charge in [-0.1, -0.05) is 11.0 Å². The van der Waals surface area contributed by atoms with Gasteiger partial charge in [-0.3, -0.25) is 0 Å². The van der Waals surface area contributed by atoms with Crippen LogP contribution in [0.25, 0.3) is 0 Å². The monoisotopic (exact) mass is 158 g/mol. The summed E-state index contributed by atoms with van der Waals surface area (Å²) in [6.45, 7) is -0.0396. The quantitative estimate of drug-likeness (QED) is 0.306. The second-order valence-corrected chi connectivity index (χ2v) is 1.75. The SMILES string of the molecule is C#CCOC(=O)C1COOO1. The normalized spacial score (nSPS) is 22.6. The van der Waals surface area contributed by atoms with Crippen molar-refractivity contribution in [1.29, 1.82) is 0 Å². The summed E-state index contributed by atoms with van der Waals surface area (Å²) < 4.78 is 4.52. The molecule has 0 aromatic carbocycles. The third-order valence-electron chi connectivity index (χ3n) is 0.984. The lowest BCUT2D eigenvalue weighted by atomic mass is 10.4. The van der Waals surface area contributed by atoms with Crippen LogP contribution in [0.1, 0.15) is 0 Å². The zero-order valence-electron chi connectivity index (χ0n) is 5.61. The van der Waals surface area contributed by atoms with Gasteiger partial charge in [0.1, 0.15) is 6.61 Å². The van der Waals surface area contributed by atoms with Crippen molar-refractivity contribution in [3.63, 3.8) is 0 Å². The predicted octanol–water partition coefficient (Wildman–Crippen LogP) is -0.575. The van der Waals surface area contributed by atoms with E-state index in [9.17, 15) is 4.79 Å². The molecule has 5 nitrogen and oxygen atoms in total. The Bertz CT molecular complexity index is 176. The van der Waals surface area contributed by atoms with Gasteiger partial charge >= 0.3 is 5.97 Å². The van der Waals surface area contributed by atoms with Gasteiger partial charge in [0.25, 0.3) is 0 Å². The fourth-order valence-corrected chi connectivity index (χ4v) is 0.506. The number of carbonyl (C=O) groups excluding carboxylic acids is 1. The summed E-state index contributed by atoms with van der Waals surface area (Å²) >= 11 is 0. The molecule has 1 unspecified atom stereocenters. The minimum absolute atomic E-state index is 0.0312. The van der Waals surface area contributed by atoms with Crippen LogP contribution in [-0.2, 0) is 24.3 Å². The molecule has 5 heteroatoms. The van der Waals surface area contributed by atoms with Gasteiger partial charge in [-0.25, -0.2) is 9.68 Å². The Morgan fingerprint density at radius 2 is 2.64 bits per heavy atom. The van der Waals surface area contributed by atoms with E-state index in [-0.39, 0.29) is 13.2 Å². The van der Waals surface area contributed by atoms with Crippen molar-refractivity contribution >= 4 is 5.97 Å². The van der Waals surface area contributed by atoms with E-state index in [0.717, 1.165) is 0 Å². The average molecular weight is 158 g/mol. The molecular formula is C6H6O5. The first kappa shape index (κ1) is 8.01. The van der Waals surface area contributed by atoms with Crippen molar-refractivity contribution < 1.29 is 24.3 Å². The summed E-state index contributed by atoms with van der Waals surface area (Å²) in [6, 6.07) is 0. The number of terminal acetylenes is 1. The van der Waals surface area contributed by atoms with E-state index >= 15 is 0 Å². The first-order valence-electron chi connectivity index (χ1n) is 2.89. The van der Waals surface area contributed by atoms with Gasteiger partial charge in [0.2, 0.25) is 6.10 Å². The number of rotatable bonds is 2. The summed E-state index contributed by atoms with van der Waals surface area (Å²) in [4.78, 5) is 19.4. The van der Waals surface area contributed by atoms with Crippen LogP contribution in [0.2, 0.25) is 0 Å². The van der Waals surface area contributed by atoms with Gasteiger partial charge in [-0.2, -0.15) is 4.89 Å². The van der Waals surface area contributed by atoms with E-state index < -0.39 is 12.1 Å². The summed E-state index contributed by atoms with van der Waals surface area (Å²) in [7, 11) is 0. The van der Waals surface area contributed by atoms with Gasteiger partial charge in [0, 0.05) is 0 Å². The molecule has 11 heavy (non-hydrogen) atoms. The molecule has 1 atom stereocenters. The van der Waals surface area contributed by atoms with Crippen LogP contribution in [0.4, 0.5) is 0 Å². The average Bonchev–Trinajstić information content (AvgIpc) is 2.52. The molecule has 0 saturated carbocycles. The summed E-state index contributed by atoms with van der Waals surface area (Å²) in [5.74, 6) is 1.56. The zero-order chi connectivity index (χ0) is 8.10. The minimum atomic E-state index is -0.816. The molecule has 0 bridgehead atoms. The summed E-state index contributed by atoms with van der Waals surface area (Å²) in [5, 5.41) is 4.01. The van der Waals surface area contributed by atoms with Crippen LogP contribution in [0.15, 0.2) is 0 Å². The molecule has 0 spiro atoms. The largest absolute Gasteiger partial charge is 0.450 e. The molecule has 1 fully saturated rings. The second-order valence-electron chi connectivity index (χ2n) is 1.75. The van der Waals surface area contributed by atoms with Crippen molar-refractivity contribution in [2.45, 2.75) is 6.10 Å². The molecule has 0 aromatic rings. The van der Waals surface area contributed by atoms with Crippen molar-refractivity contribution in [2.75, 3.05) is 13.2 Å². The predicted molar refractivity (Wildman–Crippen MR) is 31.7 cm³/mol. The van der Waals surface area contributed by atoms with Crippen LogP contribution in [0.5, 0.6) is 0 Å². The third-order valence-corrected chi connectivity index (χ3v) is 0.984. The number of hydrogen-bond donors (Lipinski definition) is 0. The van der Waals surface area contributed by atoms with Crippen molar-refractivity contribution in [1.82, 2.24) is 0 Å². The Morgan fingerprint density at radius 3 is 3.18 bits per heavy atom. The molecule has 0 aromatic heterocycles. The third kappa shape index (κ3) is 2.20. The second kappa shape index (κ2) is 3.93. The number of ether oxygens (including phenoxy) is 1. The Morgan fingerprint density at radius 1 is 1.82 bits per heavy atom. The highest BCUT2D eigenvalue weighted by Gasteiger charge is 2.28. The van der Waals surface area contributed by atoms with E-state index in [1.807, 2.05) is 0 Å². The Balaban J connectivity index is 2.24. The smallest absolute Gasteiger partial charge is 0.342 e. The van der Waals surface area contributed by atoms with Gasteiger partial charge in [0.05, 0.1) is 0 Å². The van der Waals surface area contributed by atoms with Crippen LogP contribution in [0, 0.1) is 12.3 Å². The lowest BCUT2D eigenvalue weighted by Crippen LogP contribution is -2.25. The highest BCUT2D eigenvalue weighted by Crippen LogP contribution is 2.05. The maximum atomic E-state index is 10.8. The van der Waals surface area contributed by atoms with Gasteiger partial charge in [-0.15, -0.1) is 6.42 Å². The van der Waals surface area contributed by atoms with Crippen LogP contribution in [-0.4, -0.2) is 25.3 Å². The lowest BCUT2D eigenvalue weighted by Gasteiger charge is -2.01. The van der Waals surface area contributed by atoms with E-state index in [1.54, 1.807) is 0 Å². The summed E-state index contributed by atoms with van der Waals surface area (Å²) in [6.07, 6.45) is 4.03. The summed E-state index contributed by atoms with van der Waals surface area (Å²) in [5.41, 5.74) is 0. The van der Waals surface area contributed by atoms with Gasteiger partial charge in [-0.05, 0) is 0 Å². The molecule has 1 aliphatic heterocycles. The van der Waals surface area contributed by atoms with Gasteiger partial charge < -0.3 is 4.74 Å². The lowest BCUT2D eigenvalue weighted by molar-refractivity contribution is -0.458. The number of hydrogen-bond acceptors (Lipinski definition) is 5. The first-order valence-corrected chi connectivity index (χ1v) is 2.89. The topological polar surface area (TPSA) is 54.0 Å². The van der Waals surface area contributed by atoms with Gasteiger partial charge in [0.15, 0.2) is 6.61 Å². The maximum absolute atomic E-state index is 10.8. The zero-order valence-corrected chi connectivity index (χ0v) is 5.61. The highest BCUT2D eigenvalue weighted by atomic mass is 17.5. The standard InChI is InChI=1S/C6H6O5/c1-2-3-8-6(7)5-4-9-11-10-5/h1,5H,3-4H2. The first-order chi connectivity index (χ1) is 5.34.